The number of hydrogen-bond donors (Lipinski definition) is 1. The predicted octanol–water partition coefficient (Wildman–Crippen LogP) is 1.55. The van der Waals surface area contributed by atoms with Crippen LogP contribution >= 0.6 is 0 Å². The van der Waals surface area contributed by atoms with Gasteiger partial charge >= 0.3 is 5.97 Å². The number of rotatable bonds is 7. The second-order valence-corrected chi connectivity index (χ2v) is 5.97. The van der Waals surface area contributed by atoms with Crippen LogP contribution in [-0.2, 0) is 14.3 Å². The highest BCUT2D eigenvalue weighted by molar-refractivity contribution is 5.95. The van der Waals surface area contributed by atoms with E-state index >= 15 is 0 Å². The maximum Gasteiger partial charge on any atom is 0.326 e. The highest BCUT2D eigenvalue weighted by Gasteiger charge is 2.19. The van der Waals surface area contributed by atoms with Crippen molar-refractivity contribution in [3.05, 3.63) is 42.7 Å². The van der Waals surface area contributed by atoms with Crippen LogP contribution in [0.5, 0.6) is 0 Å². The van der Waals surface area contributed by atoms with Gasteiger partial charge in [-0.3, -0.25) is 9.59 Å². The number of ether oxygens (including phenoxy) is 1. The van der Waals surface area contributed by atoms with Crippen LogP contribution in [0.1, 0.15) is 6.92 Å². The molecule has 0 fully saturated rings. The fourth-order valence-corrected chi connectivity index (χ4v) is 2.13. The van der Waals surface area contributed by atoms with Crippen LogP contribution in [0.2, 0.25) is 0 Å². The van der Waals surface area contributed by atoms with E-state index in [1.54, 1.807) is 42.5 Å². The van der Waals surface area contributed by atoms with E-state index in [9.17, 15) is 9.59 Å². The Labute approximate surface area is 152 Å². The lowest BCUT2D eigenvalue weighted by Gasteiger charge is -2.18. The minimum Gasteiger partial charge on any atom is -0.451 e. The van der Waals surface area contributed by atoms with Crippen molar-refractivity contribution in [3.8, 4) is 0 Å². The third kappa shape index (κ3) is 5.44. The molecule has 138 valence electrons. The van der Waals surface area contributed by atoms with Gasteiger partial charge in [0.05, 0.1) is 0 Å². The zero-order valence-electron chi connectivity index (χ0n) is 15.3. The quantitative estimate of drug-likeness (QED) is 0.752. The van der Waals surface area contributed by atoms with Crippen LogP contribution in [0.4, 0.5) is 17.3 Å². The van der Waals surface area contributed by atoms with Crippen molar-refractivity contribution in [1.29, 1.82) is 0 Å². The van der Waals surface area contributed by atoms with E-state index in [1.807, 2.05) is 31.1 Å². The zero-order valence-corrected chi connectivity index (χ0v) is 15.3. The standard InChI is InChI=1S/C18H23N5O3/c1-13(17(25)21-14-6-8-15(9-7-14)22(2)3)26-16(24)12-23(4)18-19-10-5-11-20-18/h5-11,13H,12H2,1-4H3,(H,21,25). The number of nitrogens with one attached hydrogen (secondary N) is 1. The summed E-state index contributed by atoms with van der Waals surface area (Å²) in [7, 11) is 5.55. The van der Waals surface area contributed by atoms with Crippen LogP contribution in [0.3, 0.4) is 0 Å². The molecule has 0 bridgehead atoms. The first-order chi connectivity index (χ1) is 12.4. The molecule has 0 aliphatic rings. The number of carbonyl (C=O) groups is 2. The lowest BCUT2D eigenvalue weighted by molar-refractivity contribution is -0.151. The molecule has 8 nitrogen and oxygen atoms in total. The molecule has 1 heterocycles. The largest absolute Gasteiger partial charge is 0.451 e. The monoisotopic (exact) mass is 357 g/mol. The van der Waals surface area contributed by atoms with Gasteiger partial charge in [0.15, 0.2) is 6.10 Å². The fraction of sp³-hybridized carbons (Fsp3) is 0.333. The Morgan fingerprint density at radius 2 is 1.73 bits per heavy atom. The summed E-state index contributed by atoms with van der Waals surface area (Å²) < 4.78 is 5.18. The third-order valence-corrected chi connectivity index (χ3v) is 3.59. The van der Waals surface area contributed by atoms with Gasteiger partial charge in [0.1, 0.15) is 6.54 Å². The van der Waals surface area contributed by atoms with Gasteiger partial charge < -0.3 is 19.9 Å². The molecule has 2 rings (SSSR count). The minimum atomic E-state index is -0.916. The Morgan fingerprint density at radius 3 is 2.31 bits per heavy atom. The number of amides is 1. The number of nitrogens with zero attached hydrogens (tertiary/aromatic N) is 4. The van der Waals surface area contributed by atoms with E-state index < -0.39 is 18.0 Å². The second-order valence-electron chi connectivity index (χ2n) is 5.97. The highest BCUT2D eigenvalue weighted by Crippen LogP contribution is 2.16. The summed E-state index contributed by atoms with van der Waals surface area (Å²) >= 11 is 0. The number of likely N-dealkylation sites (N-methyl/N-ethyl adjacent to an activating group) is 1. The molecule has 0 spiro atoms. The molecule has 2 aromatic rings. The Balaban J connectivity index is 1.85. The highest BCUT2D eigenvalue weighted by atomic mass is 16.5. The van der Waals surface area contributed by atoms with Gasteiger partial charge in [-0.15, -0.1) is 0 Å². The van der Waals surface area contributed by atoms with Gasteiger partial charge in [-0.05, 0) is 37.3 Å². The average molecular weight is 357 g/mol. The molecule has 1 amide bonds. The average Bonchev–Trinajstić information content (AvgIpc) is 2.62. The summed E-state index contributed by atoms with van der Waals surface area (Å²) in [6, 6.07) is 9.06. The maximum atomic E-state index is 12.2. The van der Waals surface area contributed by atoms with Crippen LogP contribution < -0.4 is 15.1 Å². The van der Waals surface area contributed by atoms with Crippen molar-refractivity contribution in [1.82, 2.24) is 9.97 Å². The predicted molar refractivity (Wildman–Crippen MR) is 100 cm³/mol. The Hall–Kier alpha value is -3.16. The lowest BCUT2D eigenvalue weighted by atomic mass is 10.2. The molecule has 1 unspecified atom stereocenters. The normalized spacial score (nSPS) is 11.4. The van der Waals surface area contributed by atoms with Crippen LogP contribution in [0.25, 0.3) is 0 Å². The SMILES string of the molecule is CC(OC(=O)CN(C)c1ncccn1)C(=O)Nc1ccc(N(C)C)cc1. The van der Waals surface area contributed by atoms with Gasteiger partial charge in [-0.1, -0.05) is 0 Å². The topological polar surface area (TPSA) is 87.7 Å². The third-order valence-electron chi connectivity index (χ3n) is 3.59. The van der Waals surface area contributed by atoms with Crippen LogP contribution in [0.15, 0.2) is 42.7 Å². The van der Waals surface area contributed by atoms with E-state index in [2.05, 4.69) is 15.3 Å². The summed E-state index contributed by atoms with van der Waals surface area (Å²) in [6.07, 6.45) is 2.25. The molecule has 0 aliphatic carbocycles. The lowest BCUT2D eigenvalue weighted by Crippen LogP contribution is -2.35. The first-order valence-corrected chi connectivity index (χ1v) is 8.12. The molecular formula is C18H23N5O3. The molecule has 1 atom stereocenters. The number of aromatic nitrogens is 2. The van der Waals surface area contributed by atoms with Crippen molar-refractivity contribution in [2.45, 2.75) is 13.0 Å². The fourth-order valence-electron chi connectivity index (χ4n) is 2.13. The van der Waals surface area contributed by atoms with Gasteiger partial charge in [-0.2, -0.15) is 0 Å². The summed E-state index contributed by atoms with van der Waals surface area (Å²) in [4.78, 5) is 35.8. The van der Waals surface area contributed by atoms with Crippen LogP contribution in [0, 0.1) is 0 Å². The number of esters is 1. The molecular weight excluding hydrogens is 334 g/mol. The van der Waals surface area contributed by atoms with Gasteiger partial charge in [0.25, 0.3) is 5.91 Å². The second kappa shape index (κ2) is 8.80. The van der Waals surface area contributed by atoms with Crippen molar-refractivity contribution < 1.29 is 14.3 Å². The molecule has 0 saturated heterocycles. The zero-order chi connectivity index (χ0) is 19.1. The molecule has 0 radical (unpaired) electrons. The molecule has 26 heavy (non-hydrogen) atoms. The molecule has 1 aromatic heterocycles. The molecule has 0 aliphatic heterocycles. The molecule has 0 saturated carbocycles. The summed E-state index contributed by atoms with van der Waals surface area (Å²) in [5.41, 5.74) is 1.66. The number of anilines is 3. The Kier molecular flexibility index (Phi) is 6.48. The Bertz CT molecular complexity index is 734. The van der Waals surface area contributed by atoms with Crippen LogP contribution in [-0.4, -0.2) is 55.6 Å². The molecule has 8 heteroatoms. The molecule has 1 aromatic carbocycles. The first-order valence-electron chi connectivity index (χ1n) is 8.12. The van der Waals surface area contributed by atoms with E-state index in [0.717, 1.165) is 5.69 Å². The van der Waals surface area contributed by atoms with E-state index in [-0.39, 0.29) is 6.54 Å². The van der Waals surface area contributed by atoms with E-state index in [1.165, 1.54) is 6.92 Å². The van der Waals surface area contributed by atoms with E-state index in [4.69, 9.17) is 4.74 Å². The minimum absolute atomic E-state index is 0.0564. The number of benzene rings is 1. The van der Waals surface area contributed by atoms with Gasteiger partial charge in [0, 0.05) is 44.9 Å². The summed E-state index contributed by atoms with van der Waals surface area (Å²) in [5, 5.41) is 2.73. The summed E-state index contributed by atoms with van der Waals surface area (Å²) in [5.74, 6) is -0.525. The van der Waals surface area contributed by atoms with Gasteiger partial charge in [-0.25, -0.2) is 9.97 Å². The van der Waals surface area contributed by atoms with Gasteiger partial charge in [0.2, 0.25) is 5.95 Å². The number of carbonyl (C=O) groups excluding carboxylic acids is 2. The summed E-state index contributed by atoms with van der Waals surface area (Å²) in [6.45, 7) is 1.47. The van der Waals surface area contributed by atoms with Crippen molar-refractivity contribution in [3.63, 3.8) is 0 Å². The van der Waals surface area contributed by atoms with E-state index in [0.29, 0.717) is 11.6 Å². The smallest absolute Gasteiger partial charge is 0.326 e. The number of hydrogen-bond acceptors (Lipinski definition) is 7. The molecule has 1 N–H and O–H groups in total. The van der Waals surface area contributed by atoms with Crippen molar-refractivity contribution >= 4 is 29.2 Å². The van der Waals surface area contributed by atoms with Crippen molar-refractivity contribution in [2.24, 2.45) is 0 Å². The first kappa shape index (κ1) is 19.2. The Morgan fingerprint density at radius 1 is 1.12 bits per heavy atom. The maximum absolute atomic E-state index is 12.2. The van der Waals surface area contributed by atoms with Crippen molar-refractivity contribution in [2.75, 3.05) is 42.8 Å².